The van der Waals surface area contributed by atoms with Gasteiger partial charge in [-0.3, -0.25) is 19.2 Å². The third-order valence-corrected chi connectivity index (χ3v) is 20.4. The van der Waals surface area contributed by atoms with E-state index >= 15 is 4.79 Å². The van der Waals surface area contributed by atoms with Crippen LogP contribution in [0.2, 0.25) is 0 Å². The number of carboxylic acid groups (broad SMARTS) is 1. The number of ether oxygens (including phenoxy) is 6. The van der Waals surface area contributed by atoms with Crippen molar-refractivity contribution < 1.29 is 87.8 Å². The molecule has 8 N–H and O–H groups in total. The van der Waals surface area contributed by atoms with E-state index in [4.69, 9.17) is 28.4 Å². The largest absolute Gasteiger partial charge is 0.481 e. The topological polar surface area (TPSA) is 303 Å². The van der Waals surface area contributed by atoms with Crippen molar-refractivity contribution in [1.82, 2.24) is 10.6 Å². The van der Waals surface area contributed by atoms with Gasteiger partial charge >= 0.3 is 17.9 Å². The van der Waals surface area contributed by atoms with Gasteiger partial charge in [-0.05, 0) is 148 Å². The fraction of sp³-hybridized carbons (Fsp3) is 0.862. The van der Waals surface area contributed by atoms with Crippen LogP contribution in [0.1, 0.15) is 161 Å². The molecule has 0 radical (unpaired) electrons. The van der Waals surface area contributed by atoms with E-state index in [-0.39, 0.29) is 66.3 Å². The van der Waals surface area contributed by atoms with Gasteiger partial charge in [0.15, 0.2) is 30.6 Å². The number of carbonyl (C=O) groups is 6. The molecule has 6 fully saturated rings. The summed E-state index contributed by atoms with van der Waals surface area (Å²) in [7, 11) is 0. The molecular weight excluding hydrogens is 1010 g/mol. The number of allylic oxidation sites excluding steroid dienone is 2. The van der Waals surface area contributed by atoms with Crippen molar-refractivity contribution >= 4 is 35.5 Å². The minimum Gasteiger partial charge on any atom is -0.481 e. The predicted molar refractivity (Wildman–Crippen MR) is 280 cm³/mol. The highest BCUT2D eigenvalue weighted by molar-refractivity contribution is 5.96. The molecule has 7 rings (SSSR count). The minimum absolute atomic E-state index is 0.0217. The second-order valence-corrected chi connectivity index (χ2v) is 26.8. The molecule has 78 heavy (non-hydrogen) atoms. The van der Waals surface area contributed by atoms with Crippen molar-refractivity contribution in [3.63, 3.8) is 0 Å². The molecule has 0 aromatic rings. The number of aliphatic hydroxyl groups excluding tert-OH is 5. The van der Waals surface area contributed by atoms with Gasteiger partial charge in [0.1, 0.15) is 48.7 Å². The van der Waals surface area contributed by atoms with E-state index in [1.165, 1.54) is 0 Å². The Morgan fingerprint density at radius 1 is 0.667 bits per heavy atom. The molecule has 7 aliphatic rings. The lowest BCUT2D eigenvalue weighted by molar-refractivity contribution is -0.369. The van der Waals surface area contributed by atoms with E-state index in [9.17, 15) is 54.6 Å². The highest BCUT2D eigenvalue weighted by Gasteiger charge is 2.71. The number of rotatable bonds is 17. The Hall–Kier alpha value is -3.60. The summed E-state index contributed by atoms with van der Waals surface area (Å²) in [4.78, 5) is 81.9. The Kier molecular flexibility index (Phi) is 18.3. The second kappa shape index (κ2) is 23.0. The first-order valence-corrected chi connectivity index (χ1v) is 28.7. The first-order valence-electron chi connectivity index (χ1n) is 28.7. The number of aliphatic carboxylic acids is 1. The summed E-state index contributed by atoms with van der Waals surface area (Å²) in [6, 6.07) is -2.33. The molecule has 13 unspecified atom stereocenters. The lowest BCUT2D eigenvalue weighted by Gasteiger charge is -2.70. The van der Waals surface area contributed by atoms with Crippen LogP contribution >= 0.6 is 0 Å². The molecule has 0 aromatic heterocycles. The van der Waals surface area contributed by atoms with Gasteiger partial charge in [0, 0.05) is 5.92 Å². The van der Waals surface area contributed by atoms with Crippen molar-refractivity contribution in [2.45, 2.75) is 240 Å². The third-order valence-electron chi connectivity index (χ3n) is 20.4. The molecule has 20 nitrogen and oxygen atoms in total. The lowest BCUT2D eigenvalue weighted by Crippen LogP contribution is -2.69. The van der Waals surface area contributed by atoms with E-state index in [1.54, 1.807) is 13.8 Å². The first-order chi connectivity index (χ1) is 36.2. The molecule has 0 spiro atoms. The van der Waals surface area contributed by atoms with Crippen LogP contribution in [0.15, 0.2) is 11.6 Å². The fourth-order valence-electron chi connectivity index (χ4n) is 15.8. The molecule has 20 heteroatoms. The van der Waals surface area contributed by atoms with Crippen LogP contribution in [-0.2, 0) is 57.2 Å². The number of carboxylic acids is 1. The molecule has 0 aromatic carbocycles. The van der Waals surface area contributed by atoms with E-state index in [2.05, 4.69) is 38.3 Å². The summed E-state index contributed by atoms with van der Waals surface area (Å²) in [5.74, 6) is -5.01. The van der Waals surface area contributed by atoms with Gasteiger partial charge in [-0.2, -0.15) is 0 Å². The summed E-state index contributed by atoms with van der Waals surface area (Å²) < 4.78 is 35.8. The van der Waals surface area contributed by atoms with Gasteiger partial charge in [0.2, 0.25) is 0 Å². The van der Waals surface area contributed by atoms with Crippen molar-refractivity contribution in [2.24, 2.45) is 62.1 Å². The zero-order chi connectivity index (χ0) is 58.0. The molecule has 442 valence electrons. The van der Waals surface area contributed by atoms with Gasteiger partial charge < -0.3 is 69.7 Å². The normalized spacial score (nSPS) is 42.9. The molecular formula is C58H92N2O18. The van der Waals surface area contributed by atoms with Crippen molar-refractivity contribution in [3.05, 3.63) is 11.6 Å². The van der Waals surface area contributed by atoms with E-state index in [1.807, 2.05) is 54.5 Å². The van der Waals surface area contributed by atoms with Gasteiger partial charge in [-0.25, -0.2) is 9.59 Å². The van der Waals surface area contributed by atoms with Crippen LogP contribution in [0.4, 0.5) is 0 Å². The average Bonchev–Trinajstić information content (AvgIpc) is 2.54. The molecule has 4 saturated carbocycles. The van der Waals surface area contributed by atoms with E-state index in [0.29, 0.717) is 38.5 Å². The number of fused-ring (bicyclic) bond motifs is 7. The SMILES string of the molecule is CCOC(=O)C(CC(C)C)NC(=O)C1O[C@@H](OC2C(O)[C@H](O)C(C(=O)NC(CC(C)C)C(=O)OCC)O[C@H]2OC2CC[C@@]3(C)C(CC[C@]4(C)C3C(=O)C=C3C5C[C@@](C)(C(=O)O)CC[C@]5(C)CC[C@]34C)C2(C)C)C(O)C(O)C1O. The predicted octanol–water partition coefficient (Wildman–Crippen LogP) is 4.26. The Labute approximate surface area is 459 Å². The minimum atomic E-state index is -2.08. The maximum atomic E-state index is 15.2. The molecule has 21 atom stereocenters. The molecule has 0 bridgehead atoms. The maximum Gasteiger partial charge on any atom is 0.328 e. The Balaban J connectivity index is 1.20. The van der Waals surface area contributed by atoms with Crippen LogP contribution in [0, 0.1) is 62.1 Å². The Morgan fingerprint density at radius 2 is 1.19 bits per heavy atom. The Bertz CT molecular complexity index is 2290. The van der Waals surface area contributed by atoms with Gasteiger partial charge in [0.05, 0.1) is 24.7 Å². The standard InChI is InChI=1S/C58H92N2O18/c1-14-73-48(69)32(24-28(3)4)59-46(67)42-38(63)37(62)41(66)50(76-42)78-44-40(65)39(64)43(47(68)60-33(25-29(5)6)49(70)74-15-2)77-51(44)75-36-17-18-56(11)35(53(36,7)8)16-19-58(13)45(56)34(61)26-30-31-27-55(10,52(71)72)21-20-54(31,9)22-23-57(30,58)12/h26,28-29,31-33,35-45,50-51,62-66H,14-25,27H2,1-13H3,(H,59,67)(H,60,68)(H,71,72)/t31?,32?,33?,35?,36?,37?,38?,39-,40?,41?,42?,43?,44?,45?,50-,51+,54+,55-,56-,57+,58+/m0/s1. The first kappa shape index (κ1) is 62.0. The molecule has 2 amide bonds. The Morgan fingerprint density at radius 3 is 1.72 bits per heavy atom. The van der Waals surface area contributed by atoms with Crippen LogP contribution in [0.5, 0.6) is 0 Å². The van der Waals surface area contributed by atoms with Crippen LogP contribution in [0.25, 0.3) is 0 Å². The number of carbonyl (C=O) groups excluding carboxylic acids is 5. The quantitative estimate of drug-likeness (QED) is 0.0745. The van der Waals surface area contributed by atoms with Crippen molar-refractivity contribution in [2.75, 3.05) is 13.2 Å². The van der Waals surface area contributed by atoms with Crippen LogP contribution in [-0.4, -0.2) is 159 Å². The maximum absolute atomic E-state index is 15.2. The highest BCUT2D eigenvalue weighted by Crippen LogP contribution is 2.75. The van der Waals surface area contributed by atoms with Gasteiger partial charge in [-0.1, -0.05) is 74.8 Å². The number of esters is 2. The van der Waals surface area contributed by atoms with Crippen molar-refractivity contribution in [1.29, 1.82) is 0 Å². The molecule has 2 heterocycles. The van der Waals surface area contributed by atoms with Gasteiger partial charge in [0.25, 0.3) is 11.8 Å². The molecule has 2 saturated heterocycles. The monoisotopic (exact) mass is 1100 g/mol. The zero-order valence-corrected chi connectivity index (χ0v) is 48.2. The van der Waals surface area contributed by atoms with Crippen LogP contribution in [0.3, 0.4) is 0 Å². The summed E-state index contributed by atoms with van der Waals surface area (Å²) in [5.41, 5.74) is -2.08. The number of aliphatic hydroxyl groups is 5. The summed E-state index contributed by atoms with van der Waals surface area (Å²) in [6.45, 7) is 25.6. The van der Waals surface area contributed by atoms with Gasteiger partial charge in [-0.15, -0.1) is 0 Å². The van der Waals surface area contributed by atoms with E-state index < -0.39 is 137 Å². The van der Waals surface area contributed by atoms with Crippen molar-refractivity contribution in [3.8, 4) is 0 Å². The second-order valence-electron chi connectivity index (χ2n) is 26.8. The number of ketones is 1. The summed E-state index contributed by atoms with van der Waals surface area (Å²) in [5, 5.41) is 73.1. The fourth-order valence-corrected chi connectivity index (χ4v) is 15.8. The number of hydrogen-bond acceptors (Lipinski definition) is 17. The summed E-state index contributed by atoms with van der Waals surface area (Å²) >= 11 is 0. The lowest BCUT2D eigenvalue weighted by atomic mass is 9.33. The zero-order valence-electron chi connectivity index (χ0n) is 48.2. The smallest absolute Gasteiger partial charge is 0.328 e. The van der Waals surface area contributed by atoms with E-state index in [0.717, 1.165) is 24.8 Å². The molecule has 2 aliphatic heterocycles. The highest BCUT2D eigenvalue weighted by atomic mass is 16.8. The van der Waals surface area contributed by atoms with Crippen LogP contribution < -0.4 is 10.6 Å². The molecule has 5 aliphatic carbocycles. The number of amides is 2. The average molecular weight is 1110 g/mol. The third kappa shape index (κ3) is 11.1. The summed E-state index contributed by atoms with van der Waals surface area (Å²) in [6.07, 6.45) is -12.3. The number of nitrogens with one attached hydrogen (secondary N) is 2. The number of hydrogen-bond donors (Lipinski definition) is 8.